The molecule has 1 aromatic heterocycles. The summed E-state index contributed by atoms with van der Waals surface area (Å²) in [5.74, 6) is 0.0571. The first-order valence-corrected chi connectivity index (χ1v) is 9.15. The number of rotatable bonds is 6. The third kappa shape index (κ3) is 3.96. The number of carbonyl (C=O) groups is 2. The van der Waals surface area contributed by atoms with E-state index in [-0.39, 0.29) is 18.6 Å². The van der Waals surface area contributed by atoms with Crippen LogP contribution in [0.4, 0.5) is 5.95 Å². The summed E-state index contributed by atoms with van der Waals surface area (Å²) in [6.45, 7) is 0.721. The summed E-state index contributed by atoms with van der Waals surface area (Å²) in [7, 11) is 5.27. The number of ether oxygens (including phenoxy) is 1. The number of carbonyl (C=O) groups excluding carboxylic acids is 2. The molecular weight excluding hydrogens is 358 g/mol. The van der Waals surface area contributed by atoms with Gasteiger partial charge in [0.25, 0.3) is 0 Å². The maximum Gasteiger partial charge on any atom is 0.249 e. The normalized spacial score (nSPS) is 16.2. The van der Waals surface area contributed by atoms with Crippen LogP contribution in [0.5, 0.6) is 0 Å². The molecule has 28 heavy (non-hydrogen) atoms. The Morgan fingerprint density at radius 2 is 2.00 bits per heavy atom. The molecule has 3 rings (SSSR count). The Morgan fingerprint density at radius 3 is 2.61 bits per heavy atom. The molecule has 8 heteroatoms. The van der Waals surface area contributed by atoms with Crippen molar-refractivity contribution >= 4 is 17.8 Å². The maximum absolute atomic E-state index is 12.5. The lowest BCUT2D eigenvalue weighted by Gasteiger charge is -2.26. The van der Waals surface area contributed by atoms with E-state index < -0.39 is 5.91 Å². The topological polar surface area (TPSA) is 102 Å². The molecule has 2 N–H and O–H groups in total. The highest BCUT2D eigenvalue weighted by Gasteiger charge is 2.33. The minimum Gasteiger partial charge on any atom is -0.375 e. The van der Waals surface area contributed by atoms with Crippen LogP contribution in [0.25, 0.3) is 11.1 Å². The fourth-order valence-electron chi connectivity index (χ4n) is 3.45. The van der Waals surface area contributed by atoms with Gasteiger partial charge in [-0.2, -0.15) is 0 Å². The van der Waals surface area contributed by atoms with Crippen molar-refractivity contribution in [1.29, 1.82) is 0 Å². The Kier molecular flexibility index (Phi) is 5.89. The van der Waals surface area contributed by atoms with Crippen molar-refractivity contribution in [3.8, 4) is 11.1 Å². The van der Waals surface area contributed by atoms with E-state index in [9.17, 15) is 9.59 Å². The number of hydrogen-bond donors (Lipinski definition) is 1. The number of nitrogens with zero attached hydrogens (tertiary/aromatic N) is 4. The van der Waals surface area contributed by atoms with Crippen molar-refractivity contribution in [1.82, 2.24) is 14.9 Å². The number of anilines is 1. The van der Waals surface area contributed by atoms with Gasteiger partial charge in [-0.15, -0.1) is 0 Å². The summed E-state index contributed by atoms with van der Waals surface area (Å²) in [4.78, 5) is 36.7. The maximum atomic E-state index is 12.5. The molecule has 0 radical (unpaired) electrons. The second-order valence-corrected chi connectivity index (χ2v) is 6.98. The van der Waals surface area contributed by atoms with Gasteiger partial charge in [-0.25, -0.2) is 9.97 Å². The predicted octanol–water partition coefficient (Wildman–Crippen LogP) is 1.62. The Morgan fingerprint density at radius 1 is 1.29 bits per heavy atom. The highest BCUT2D eigenvalue weighted by Crippen LogP contribution is 2.37. The molecule has 1 aromatic carbocycles. The molecule has 0 unspecified atom stereocenters. The lowest BCUT2D eigenvalue weighted by molar-refractivity contribution is -0.136. The van der Waals surface area contributed by atoms with E-state index in [1.165, 1.54) is 7.11 Å². The smallest absolute Gasteiger partial charge is 0.249 e. The Labute approximate surface area is 164 Å². The lowest BCUT2D eigenvalue weighted by Crippen LogP contribution is -2.34. The van der Waals surface area contributed by atoms with E-state index in [4.69, 9.17) is 15.5 Å². The van der Waals surface area contributed by atoms with E-state index in [0.717, 1.165) is 29.7 Å². The van der Waals surface area contributed by atoms with Crippen molar-refractivity contribution in [3.63, 3.8) is 0 Å². The summed E-state index contributed by atoms with van der Waals surface area (Å²) in [5.41, 5.74) is 8.29. The van der Waals surface area contributed by atoms with Gasteiger partial charge < -0.3 is 20.3 Å². The summed E-state index contributed by atoms with van der Waals surface area (Å²) in [5, 5.41) is 0. The van der Waals surface area contributed by atoms with Crippen LogP contribution < -0.4 is 10.6 Å². The molecule has 1 aliphatic rings. The number of amides is 2. The second kappa shape index (κ2) is 8.35. The van der Waals surface area contributed by atoms with E-state index in [2.05, 4.69) is 4.98 Å². The van der Waals surface area contributed by atoms with Gasteiger partial charge in [0.15, 0.2) is 0 Å². The van der Waals surface area contributed by atoms with Crippen LogP contribution >= 0.6 is 0 Å². The number of methoxy groups -OCH3 is 1. The van der Waals surface area contributed by atoms with Crippen LogP contribution in [0, 0.1) is 0 Å². The molecular formula is C20H25N5O3. The van der Waals surface area contributed by atoms with Crippen LogP contribution in [0.2, 0.25) is 0 Å². The molecule has 0 spiro atoms. The molecule has 0 aliphatic carbocycles. The number of primary amides is 1. The minimum absolute atomic E-state index is 0.0464. The average molecular weight is 383 g/mol. The molecule has 1 saturated heterocycles. The molecule has 2 aromatic rings. The molecule has 148 valence electrons. The number of likely N-dealkylation sites (tertiary alicyclic amines) is 1. The first kappa shape index (κ1) is 19.8. The quantitative estimate of drug-likeness (QED) is 0.813. The summed E-state index contributed by atoms with van der Waals surface area (Å²) in [6.07, 6.45) is 3.50. The zero-order valence-corrected chi connectivity index (χ0v) is 16.4. The highest BCUT2D eigenvalue weighted by molar-refractivity contribution is 5.93. The van der Waals surface area contributed by atoms with Gasteiger partial charge in [0, 0.05) is 45.1 Å². The van der Waals surface area contributed by atoms with Gasteiger partial charge >= 0.3 is 0 Å². The lowest BCUT2D eigenvalue weighted by atomic mass is 9.98. The number of aromatic nitrogens is 2. The Hall–Kier alpha value is -3.00. The van der Waals surface area contributed by atoms with Crippen molar-refractivity contribution in [2.45, 2.75) is 18.9 Å². The largest absolute Gasteiger partial charge is 0.375 e. The van der Waals surface area contributed by atoms with Gasteiger partial charge in [0.2, 0.25) is 17.8 Å². The van der Waals surface area contributed by atoms with Gasteiger partial charge in [0.1, 0.15) is 6.61 Å². The first-order valence-electron chi connectivity index (χ1n) is 9.15. The highest BCUT2D eigenvalue weighted by atomic mass is 16.5. The molecule has 0 bridgehead atoms. The molecule has 1 fully saturated rings. The predicted molar refractivity (Wildman–Crippen MR) is 106 cm³/mol. The van der Waals surface area contributed by atoms with Crippen molar-refractivity contribution in [2.24, 2.45) is 5.73 Å². The third-order valence-electron chi connectivity index (χ3n) is 4.84. The first-order chi connectivity index (χ1) is 13.4. The molecule has 1 atom stereocenters. The zero-order valence-electron chi connectivity index (χ0n) is 16.4. The van der Waals surface area contributed by atoms with Gasteiger partial charge in [-0.05, 0) is 30.5 Å². The zero-order chi connectivity index (χ0) is 20.3. The third-order valence-corrected chi connectivity index (χ3v) is 4.84. The van der Waals surface area contributed by atoms with Crippen LogP contribution in [0.15, 0.2) is 30.5 Å². The van der Waals surface area contributed by atoms with Crippen LogP contribution in [-0.4, -0.2) is 61.0 Å². The monoisotopic (exact) mass is 383 g/mol. The Balaban J connectivity index is 2.06. The number of hydrogen-bond acceptors (Lipinski definition) is 6. The molecule has 2 amide bonds. The minimum atomic E-state index is -0.474. The van der Waals surface area contributed by atoms with Crippen LogP contribution in [0.1, 0.15) is 34.9 Å². The van der Waals surface area contributed by atoms with E-state index in [1.54, 1.807) is 18.3 Å². The van der Waals surface area contributed by atoms with Gasteiger partial charge in [-0.3, -0.25) is 9.59 Å². The molecule has 1 aliphatic heterocycles. The van der Waals surface area contributed by atoms with Crippen LogP contribution in [0.3, 0.4) is 0 Å². The van der Waals surface area contributed by atoms with Crippen molar-refractivity contribution in [3.05, 3.63) is 41.7 Å². The SMILES string of the molecule is COCC(=O)N1CCC[C@@H]1c1nc(N(C)C)ncc1-c1ccc(C(N)=O)cc1. The van der Waals surface area contributed by atoms with E-state index >= 15 is 0 Å². The number of nitrogens with two attached hydrogens (primary N) is 1. The molecule has 8 nitrogen and oxygen atoms in total. The van der Waals surface area contributed by atoms with Crippen molar-refractivity contribution < 1.29 is 14.3 Å². The summed E-state index contributed by atoms with van der Waals surface area (Å²) >= 11 is 0. The van der Waals surface area contributed by atoms with Gasteiger partial charge in [-0.1, -0.05) is 12.1 Å². The van der Waals surface area contributed by atoms with E-state index in [0.29, 0.717) is 18.1 Å². The summed E-state index contributed by atoms with van der Waals surface area (Å²) < 4.78 is 5.04. The Bertz CT molecular complexity index is 867. The number of benzene rings is 1. The molecule has 2 heterocycles. The van der Waals surface area contributed by atoms with Gasteiger partial charge in [0.05, 0.1) is 11.7 Å². The second-order valence-electron chi connectivity index (χ2n) is 6.98. The van der Waals surface area contributed by atoms with Crippen LogP contribution in [-0.2, 0) is 9.53 Å². The molecule has 0 saturated carbocycles. The summed E-state index contributed by atoms with van der Waals surface area (Å²) in [6, 6.07) is 6.88. The van der Waals surface area contributed by atoms with E-state index in [1.807, 2.05) is 36.0 Å². The fourth-order valence-corrected chi connectivity index (χ4v) is 3.45. The standard InChI is InChI=1S/C20H25N5O3/c1-24(2)20-22-11-15(13-6-8-14(9-7-13)19(21)27)18(23-20)16-5-4-10-25(16)17(26)12-28-3/h6-9,11,16H,4-5,10,12H2,1-3H3,(H2,21,27)/t16-/m1/s1. The van der Waals surface area contributed by atoms with Crippen molar-refractivity contribution in [2.75, 3.05) is 39.3 Å². The average Bonchev–Trinajstić information content (AvgIpc) is 3.17. The fraction of sp³-hybridized carbons (Fsp3) is 0.400.